The van der Waals surface area contributed by atoms with Crippen molar-refractivity contribution in [1.82, 2.24) is 10.6 Å². The molecule has 3 N–H and O–H groups in total. The molecule has 1 aliphatic rings. The Morgan fingerprint density at radius 3 is 2.71 bits per heavy atom. The van der Waals surface area contributed by atoms with E-state index in [2.05, 4.69) is 10.6 Å². The van der Waals surface area contributed by atoms with Crippen molar-refractivity contribution in [2.45, 2.75) is 32.4 Å². The number of hydrogen-bond acceptors (Lipinski definition) is 3. The molecule has 2 unspecified atom stereocenters. The van der Waals surface area contributed by atoms with Crippen LogP contribution in [0.4, 0.5) is 0 Å². The molecule has 0 aromatic heterocycles. The van der Waals surface area contributed by atoms with Crippen molar-refractivity contribution in [2.24, 2.45) is 5.41 Å². The van der Waals surface area contributed by atoms with Crippen molar-refractivity contribution >= 4 is 23.4 Å². The van der Waals surface area contributed by atoms with E-state index < -0.39 is 6.10 Å². The van der Waals surface area contributed by atoms with E-state index in [1.54, 1.807) is 24.3 Å². The van der Waals surface area contributed by atoms with Crippen molar-refractivity contribution in [3.63, 3.8) is 0 Å². The normalized spacial score (nSPS) is 23.0. The maximum Gasteiger partial charge on any atom is 0.251 e. The van der Waals surface area contributed by atoms with Gasteiger partial charge in [-0.15, -0.1) is 0 Å². The molecule has 0 bridgehead atoms. The quantitative estimate of drug-likeness (QED) is 0.785. The van der Waals surface area contributed by atoms with Crippen LogP contribution in [0.5, 0.6) is 0 Å². The number of aliphatic hydroxyl groups is 1. The van der Waals surface area contributed by atoms with E-state index in [-0.39, 0.29) is 29.8 Å². The molecule has 0 saturated heterocycles. The highest BCUT2D eigenvalue weighted by molar-refractivity contribution is 6.30. The highest BCUT2D eigenvalue weighted by atomic mass is 35.5. The van der Waals surface area contributed by atoms with Gasteiger partial charge in [0.25, 0.3) is 5.91 Å². The van der Waals surface area contributed by atoms with Gasteiger partial charge in [0.1, 0.15) is 0 Å². The number of halogens is 1. The van der Waals surface area contributed by atoms with Crippen LogP contribution in [0.2, 0.25) is 5.02 Å². The van der Waals surface area contributed by atoms with Crippen LogP contribution in [0.1, 0.15) is 30.6 Å². The molecule has 2 atom stereocenters. The van der Waals surface area contributed by atoms with E-state index in [0.717, 1.165) is 0 Å². The van der Waals surface area contributed by atoms with Gasteiger partial charge in [-0.05, 0) is 24.6 Å². The zero-order valence-electron chi connectivity index (χ0n) is 12.0. The molecule has 1 aromatic carbocycles. The SMILES string of the molecule is CC1(C)C(O)CC1NC(=O)CNC(=O)c1cccc(Cl)c1. The molecular weight excluding hydrogens is 292 g/mol. The molecular formula is C15H19ClN2O3. The lowest BCUT2D eigenvalue weighted by Gasteiger charge is -2.49. The largest absolute Gasteiger partial charge is 0.392 e. The van der Waals surface area contributed by atoms with Crippen molar-refractivity contribution in [3.05, 3.63) is 34.9 Å². The maximum atomic E-state index is 11.9. The predicted molar refractivity (Wildman–Crippen MR) is 80.1 cm³/mol. The summed E-state index contributed by atoms with van der Waals surface area (Å²) in [6.07, 6.45) is 0.143. The minimum absolute atomic E-state index is 0.0666. The molecule has 1 fully saturated rings. The van der Waals surface area contributed by atoms with E-state index in [9.17, 15) is 14.7 Å². The van der Waals surface area contributed by atoms with Gasteiger partial charge in [-0.2, -0.15) is 0 Å². The number of amides is 2. The second kappa shape index (κ2) is 6.03. The van der Waals surface area contributed by atoms with Gasteiger partial charge in [0.15, 0.2) is 0 Å². The number of benzene rings is 1. The molecule has 0 heterocycles. The molecule has 1 saturated carbocycles. The summed E-state index contributed by atoms with van der Waals surface area (Å²) < 4.78 is 0. The van der Waals surface area contributed by atoms with E-state index in [0.29, 0.717) is 17.0 Å². The fraction of sp³-hybridized carbons (Fsp3) is 0.467. The Morgan fingerprint density at radius 2 is 2.14 bits per heavy atom. The smallest absolute Gasteiger partial charge is 0.251 e. The van der Waals surface area contributed by atoms with Crippen molar-refractivity contribution in [3.8, 4) is 0 Å². The highest BCUT2D eigenvalue weighted by Crippen LogP contribution is 2.40. The summed E-state index contributed by atoms with van der Waals surface area (Å²) in [6.45, 7) is 3.70. The minimum Gasteiger partial charge on any atom is -0.392 e. The van der Waals surface area contributed by atoms with Crippen LogP contribution in [0.3, 0.4) is 0 Å². The van der Waals surface area contributed by atoms with E-state index in [1.165, 1.54) is 0 Å². The summed E-state index contributed by atoms with van der Waals surface area (Å²) in [5.74, 6) is -0.615. The van der Waals surface area contributed by atoms with Gasteiger partial charge >= 0.3 is 0 Å². The fourth-order valence-corrected chi connectivity index (χ4v) is 2.48. The Bertz CT molecular complexity index is 560. The van der Waals surface area contributed by atoms with Gasteiger partial charge in [0.05, 0.1) is 12.6 Å². The molecule has 21 heavy (non-hydrogen) atoms. The first kappa shape index (κ1) is 15.8. The number of aliphatic hydroxyl groups excluding tert-OH is 1. The Labute approximate surface area is 128 Å². The second-order valence-corrected chi connectivity index (χ2v) is 6.32. The Morgan fingerprint density at radius 1 is 1.43 bits per heavy atom. The fourth-order valence-electron chi connectivity index (χ4n) is 2.29. The lowest BCUT2D eigenvalue weighted by Crippen LogP contribution is -2.62. The topological polar surface area (TPSA) is 78.4 Å². The first-order valence-electron chi connectivity index (χ1n) is 6.82. The van der Waals surface area contributed by atoms with Crippen LogP contribution in [0, 0.1) is 5.41 Å². The number of carbonyl (C=O) groups is 2. The zero-order valence-corrected chi connectivity index (χ0v) is 12.8. The highest BCUT2D eigenvalue weighted by Gasteiger charge is 2.47. The van der Waals surface area contributed by atoms with Crippen LogP contribution in [-0.4, -0.2) is 35.6 Å². The van der Waals surface area contributed by atoms with Gasteiger partial charge in [0, 0.05) is 22.0 Å². The third-order valence-electron chi connectivity index (χ3n) is 4.05. The molecule has 1 aliphatic carbocycles. The van der Waals surface area contributed by atoms with Crippen molar-refractivity contribution < 1.29 is 14.7 Å². The summed E-state index contributed by atoms with van der Waals surface area (Å²) in [5.41, 5.74) is 0.0850. The van der Waals surface area contributed by atoms with Crippen LogP contribution in [0.25, 0.3) is 0 Å². The summed E-state index contributed by atoms with van der Waals surface area (Å²) >= 11 is 5.81. The number of carbonyl (C=O) groups excluding carboxylic acids is 2. The second-order valence-electron chi connectivity index (χ2n) is 5.89. The van der Waals surface area contributed by atoms with Crippen LogP contribution in [-0.2, 0) is 4.79 Å². The van der Waals surface area contributed by atoms with Gasteiger partial charge in [-0.25, -0.2) is 0 Å². The molecule has 5 nitrogen and oxygen atoms in total. The molecule has 114 valence electrons. The molecule has 0 aliphatic heterocycles. The molecule has 6 heteroatoms. The van der Waals surface area contributed by atoms with Crippen molar-refractivity contribution in [1.29, 1.82) is 0 Å². The number of nitrogens with one attached hydrogen (secondary N) is 2. The lowest BCUT2D eigenvalue weighted by atomic mass is 9.64. The average molecular weight is 311 g/mol. The maximum absolute atomic E-state index is 11.9. The Hall–Kier alpha value is -1.59. The van der Waals surface area contributed by atoms with E-state index in [4.69, 9.17) is 11.6 Å². The Kier molecular flexibility index (Phi) is 4.54. The summed E-state index contributed by atoms with van der Waals surface area (Å²) in [7, 11) is 0. The van der Waals surface area contributed by atoms with Crippen LogP contribution in [0.15, 0.2) is 24.3 Å². The van der Waals surface area contributed by atoms with Gasteiger partial charge < -0.3 is 15.7 Å². The molecule has 0 radical (unpaired) electrons. The predicted octanol–water partition coefficient (Wildman–Crippen LogP) is 1.35. The number of hydrogen-bond donors (Lipinski definition) is 3. The third-order valence-corrected chi connectivity index (χ3v) is 4.28. The van der Waals surface area contributed by atoms with Gasteiger partial charge in [-0.1, -0.05) is 31.5 Å². The van der Waals surface area contributed by atoms with Gasteiger partial charge in [0.2, 0.25) is 5.91 Å². The molecule has 2 rings (SSSR count). The van der Waals surface area contributed by atoms with Crippen molar-refractivity contribution in [2.75, 3.05) is 6.54 Å². The number of rotatable bonds is 4. The third kappa shape index (κ3) is 3.54. The van der Waals surface area contributed by atoms with Crippen LogP contribution < -0.4 is 10.6 Å². The summed E-state index contributed by atoms with van der Waals surface area (Å²) in [6, 6.07) is 6.46. The molecule has 2 amide bonds. The van der Waals surface area contributed by atoms with Gasteiger partial charge in [-0.3, -0.25) is 9.59 Å². The summed E-state index contributed by atoms with van der Waals surface area (Å²) in [4.78, 5) is 23.7. The molecule has 0 spiro atoms. The lowest BCUT2D eigenvalue weighted by molar-refractivity contribution is -0.128. The molecule has 1 aromatic rings. The average Bonchev–Trinajstić information content (AvgIpc) is 2.44. The zero-order chi connectivity index (χ0) is 15.6. The first-order valence-corrected chi connectivity index (χ1v) is 7.19. The standard InChI is InChI=1S/C15H19ClN2O3/c1-15(2)11(7-12(15)19)18-13(20)8-17-14(21)9-4-3-5-10(16)6-9/h3-6,11-12,19H,7-8H2,1-2H3,(H,17,21)(H,18,20). The monoisotopic (exact) mass is 310 g/mol. The minimum atomic E-state index is -0.399. The van der Waals surface area contributed by atoms with Crippen LogP contribution >= 0.6 is 11.6 Å². The Balaban J connectivity index is 1.81. The van der Waals surface area contributed by atoms with E-state index >= 15 is 0 Å². The summed E-state index contributed by atoms with van der Waals surface area (Å²) in [5, 5.41) is 15.4. The van der Waals surface area contributed by atoms with E-state index in [1.807, 2.05) is 13.8 Å². The first-order chi connectivity index (χ1) is 9.80.